The van der Waals surface area contributed by atoms with Crippen molar-refractivity contribution in [3.05, 3.63) is 52.2 Å². The first kappa shape index (κ1) is 15.6. The summed E-state index contributed by atoms with van der Waals surface area (Å²) >= 11 is 1.45. The number of hydrogen-bond donors (Lipinski definition) is 1. The average Bonchev–Trinajstić information content (AvgIpc) is 3.09. The molecule has 1 saturated heterocycles. The van der Waals surface area contributed by atoms with Crippen molar-refractivity contribution in [2.24, 2.45) is 0 Å². The largest absolute Gasteiger partial charge is 0.399 e. The van der Waals surface area contributed by atoms with Gasteiger partial charge in [0.25, 0.3) is 5.91 Å². The Morgan fingerprint density at radius 2 is 1.78 bits per heavy atom. The molecule has 6 heteroatoms. The quantitative estimate of drug-likeness (QED) is 0.874. The molecule has 1 aliphatic heterocycles. The van der Waals surface area contributed by atoms with Crippen LogP contribution in [0.25, 0.3) is 0 Å². The molecule has 0 aliphatic carbocycles. The highest BCUT2D eigenvalue weighted by Crippen LogP contribution is 2.15. The standard InChI is InChI=1S/C17H19N3O2S/c18-14-4-1-3-13(11-14)12-16(21)19-6-8-20(9-7-19)17(22)15-5-2-10-23-15/h1-5,10-11H,6-9,12,18H2. The van der Waals surface area contributed by atoms with E-state index in [1.807, 2.05) is 51.6 Å². The van der Waals surface area contributed by atoms with Gasteiger partial charge < -0.3 is 15.5 Å². The Bertz CT molecular complexity index is 692. The molecule has 5 nitrogen and oxygen atoms in total. The van der Waals surface area contributed by atoms with Gasteiger partial charge >= 0.3 is 0 Å². The highest BCUT2D eigenvalue weighted by Gasteiger charge is 2.25. The Kier molecular flexibility index (Phi) is 4.62. The number of benzene rings is 1. The lowest BCUT2D eigenvalue weighted by atomic mass is 10.1. The number of nitrogen functional groups attached to an aromatic ring is 1. The van der Waals surface area contributed by atoms with E-state index in [1.54, 1.807) is 0 Å². The van der Waals surface area contributed by atoms with Gasteiger partial charge in [0.1, 0.15) is 0 Å². The van der Waals surface area contributed by atoms with Crippen molar-refractivity contribution >= 4 is 28.8 Å². The number of nitrogens with two attached hydrogens (primary N) is 1. The van der Waals surface area contributed by atoms with Crippen molar-refractivity contribution in [2.45, 2.75) is 6.42 Å². The third-order valence-electron chi connectivity index (χ3n) is 3.96. The summed E-state index contributed by atoms with van der Waals surface area (Å²) in [4.78, 5) is 29.0. The Morgan fingerprint density at radius 1 is 1.04 bits per heavy atom. The molecule has 0 atom stereocenters. The van der Waals surface area contributed by atoms with Gasteiger partial charge in [-0.1, -0.05) is 18.2 Å². The number of nitrogens with zero attached hydrogens (tertiary/aromatic N) is 2. The second-order valence-corrected chi connectivity index (χ2v) is 6.52. The Hall–Kier alpha value is -2.34. The molecule has 1 aliphatic rings. The predicted molar refractivity (Wildman–Crippen MR) is 91.4 cm³/mol. The number of anilines is 1. The molecule has 120 valence electrons. The van der Waals surface area contributed by atoms with Crippen LogP contribution in [0.15, 0.2) is 41.8 Å². The molecule has 0 saturated carbocycles. The van der Waals surface area contributed by atoms with Crippen LogP contribution in [0, 0.1) is 0 Å². The minimum absolute atomic E-state index is 0.0583. The lowest BCUT2D eigenvalue weighted by Crippen LogP contribution is -2.50. The van der Waals surface area contributed by atoms with Crippen molar-refractivity contribution in [1.29, 1.82) is 0 Å². The summed E-state index contributed by atoms with van der Waals surface area (Å²) in [5.41, 5.74) is 7.33. The number of rotatable bonds is 3. The fourth-order valence-electron chi connectivity index (χ4n) is 2.70. The van der Waals surface area contributed by atoms with Crippen LogP contribution in [-0.4, -0.2) is 47.8 Å². The predicted octanol–water partition coefficient (Wildman–Crippen LogP) is 1.86. The number of amides is 2. The van der Waals surface area contributed by atoms with Gasteiger partial charge in [0, 0.05) is 31.9 Å². The van der Waals surface area contributed by atoms with Crippen LogP contribution in [-0.2, 0) is 11.2 Å². The van der Waals surface area contributed by atoms with E-state index in [-0.39, 0.29) is 11.8 Å². The van der Waals surface area contributed by atoms with E-state index in [4.69, 9.17) is 5.73 Å². The van der Waals surface area contributed by atoms with E-state index in [2.05, 4.69) is 0 Å². The maximum Gasteiger partial charge on any atom is 0.264 e. The highest BCUT2D eigenvalue weighted by atomic mass is 32.1. The molecular weight excluding hydrogens is 310 g/mol. The zero-order valence-electron chi connectivity index (χ0n) is 12.8. The van der Waals surface area contributed by atoms with Gasteiger partial charge in [-0.2, -0.15) is 0 Å². The van der Waals surface area contributed by atoms with Gasteiger partial charge in [0.05, 0.1) is 11.3 Å². The van der Waals surface area contributed by atoms with Gasteiger partial charge in [0.2, 0.25) is 5.91 Å². The third kappa shape index (κ3) is 3.71. The van der Waals surface area contributed by atoms with Gasteiger partial charge in [-0.05, 0) is 29.1 Å². The minimum atomic E-state index is 0.0583. The fraction of sp³-hybridized carbons (Fsp3) is 0.294. The number of carbonyl (C=O) groups is 2. The molecule has 2 aromatic rings. The van der Waals surface area contributed by atoms with Crippen molar-refractivity contribution in [2.75, 3.05) is 31.9 Å². The molecule has 3 rings (SSSR count). The molecule has 2 amide bonds. The second kappa shape index (κ2) is 6.83. The first-order valence-electron chi connectivity index (χ1n) is 7.58. The molecule has 1 aromatic carbocycles. The van der Waals surface area contributed by atoms with Crippen molar-refractivity contribution in [3.8, 4) is 0 Å². The summed E-state index contributed by atoms with van der Waals surface area (Å²) in [6.45, 7) is 2.33. The van der Waals surface area contributed by atoms with Crippen LogP contribution >= 0.6 is 11.3 Å². The first-order valence-corrected chi connectivity index (χ1v) is 8.46. The van der Waals surface area contributed by atoms with Gasteiger partial charge in [-0.3, -0.25) is 9.59 Å². The average molecular weight is 329 g/mol. The summed E-state index contributed by atoms with van der Waals surface area (Å²) in [6, 6.07) is 11.1. The summed E-state index contributed by atoms with van der Waals surface area (Å²) in [6.07, 6.45) is 0.351. The molecule has 1 fully saturated rings. The van der Waals surface area contributed by atoms with Gasteiger partial charge in [-0.25, -0.2) is 0 Å². The Morgan fingerprint density at radius 3 is 2.43 bits per heavy atom. The molecule has 0 radical (unpaired) electrons. The maximum absolute atomic E-state index is 12.4. The topological polar surface area (TPSA) is 66.6 Å². The first-order chi connectivity index (χ1) is 11.1. The number of piperazine rings is 1. The Balaban J connectivity index is 1.54. The van der Waals surface area contributed by atoms with Crippen molar-refractivity contribution in [3.63, 3.8) is 0 Å². The summed E-state index contributed by atoms with van der Waals surface area (Å²) < 4.78 is 0. The fourth-order valence-corrected chi connectivity index (χ4v) is 3.40. The van der Waals surface area contributed by atoms with Crippen LogP contribution < -0.4 is 5.73 Å². The van der Waals surface area contributed by atoms with Crippen molar-refractivity contribution in [1.82, 2.24) is 9.80 Å². The molecule has 0 unspecified atom stereocenters. The number of hydrogen-bond acceptors (Lipinski definition) is 4. The zero-order valence-corrected chi connectivity index (χ0v) is 13.6. The number of thiophene rings is 1. The monoisotopic (exact) mass is 329 g/mol. The lowest BCUT2D eigenvalue weighted by molar-refractivity contribution is -0.131. The summed E-state index contributed by atoms with van der Waals surface area (Å²) in [5, 5.41) is 1.90. The zero-order chi connectivity index (χ0) is 16.2. The SMILES string of the molecule is Nc1cccc(CC(=O)N2CCN(C(=O)c3cccs3)CC2)c1. The summed E-state index contributed by atoms with van der Waals surface area (Å²) in [5.74, 6) is 0.141. The molecular formula is C17H19N3O2S. The maximum atomic E-state index is 12.4. The van der Waals surface area contributed by atoms with Crippen LogP contribution in [0.5, 0.6) is 0 Å². The molecule has 0 spiro atoms. The smallest absolute Gasteiger partial charge is 0.264 e. The highest BCUT2D eigenvalue weighted by molar-refractivity contribution is 7.12. The molecule has 0 bridgehead atoms. The van der Waals surface area contributed by atoms with E-state index in [0.717, 1.165) is 10.4 Å². The van der Waals surface area contributed by atoms with Crippen LogP contribution in [0.2, 0.25) is 0 Å². The van der Waals surface area contributed by atoms with Crippen molar-refractivity contribution < 1.29 is 9.59 Å². The minimum Gasteiger partial charge on any atom is -0.399 e. The van der Waals surface area contributed by atoms with E-state index < -0.39 is 0 Å². The molecule has 23 heavy (non-hydrogen) atoms. The Labute approximate surface area is 139 Å². The van der Waals surface area contributed by atoms with Crippen LogP contribution in [0.3, 0.4) is 0 Å². The molecule has 2 N–H and O–H groups in total. The van der Waals surface area contributed by atoms with E-state index in [1.165, 1.54) is 11.3 Å². The normalized spacial score (nSPS) is 14.8. The lowest BCUT2D eigenvalue weighted by Gasteiger charge is -2.34. The summed E-state index contributed by atoms with van der Waals surface area (Å²) in [7, 11) is 0. The van der Waals surface area contributed by atoms with Crippen LogP contribution in [0.4, 0.5) is 5.69 Å². The van der Waals surface area contributed by atoms with Crippen LogP contribution in [0.1, 0.15) is 15.2 Å². The van der Waals surface area contributed by atoms with Gasteiger partial charge in [0.15, 0.2) is 0 Å². The molecule has 1 aromatic heterocycles. The van der Waals surface area contributed by atoms with E-state index in [0.29, 0.717) is 38.3 Å². The number of carbonyl (C=O) groups excluding carboxylic acids is 2. The van der Waals surface area contributed by atoms with E-state index in [9.17, 15) is 9.59 Å². The van der Waals surface area contributed by atoms with Gasteiger partial charge in [-0.15, -0.1) is 11.3 Å². The van der Waals surface area contributed by atoms with E-state index >= 15 is 0 Å². The third-order valence-corrected chi connectivity index (χ3v) is 4.82. The molecule has 2 heterocycles. The second-order valence-electron chi connectivity index (χ2n) is 5.57.